The fraction of sp³-hybridized carbons (Fsp3) is 0.500. The van der Waals surface area contributed by atoms with Crippen LogP contribution in [0.2, 0.25) is 0 Å². The van der Waals surface area contributed by atoms with Gasteiger partial charge in [-0.25, -0.2) is 0 Å². The molecule has 1 aromatic carbocycles. The van der Waals surface area contributed by atoms with Crippen molar-refractivity contribution in [1.82, 2.24) is 4.90 Å². The molecule has 0 amide bonds. The number of rotatable bonds is 3. The second-order valence-corrected chi connectivity index (χ2v) is 6.68. The van der Waals surface area contributed by atoms with Gasteiger partial charge in [0.15, 0.2) is 5.78 Å². The molecule has 1 fully saturated rings. The number of nitrogens with zero attached hydrogens (tertiary/aromatic N) is 2. The number of para-hydroxylation sites is 1. The van der Waals surface area contributed by atoms with E-state index in [1.807, 2.05) is 6.08 Å². The van der Waals surface area contributed by atoms with Crippen LogP contribution in [0.1, 0.15) is 32.3 Å². The standard InChI is InChI=1S/C18H24N2O/c1-18(2)15-8-4-5-9-16(15)19(3)17(18)12-14(21)13-20-10-6-7-11-20/h4-5,8-9,12H,6-7,10-11,13H2,1-3H3/b17-12-. The van der Waals surface area contributed by atoms with Crippen LogP contribution in [0.4, 0.5) is 5.69 Å². The molecule has 2 heterocycles. The van der Waals surface area contributed by atoms with Gasteiger partial charge in [-0.2, -0.15) is 0 Å². The highest BCUT2D eigenvalue weighted by molar-refractivity contribution is 5.94. The normalized spacial score (nSPS) is 22.8. The van der Waals surface area contributed by atoms with Crippen molar-refractivity contribution in [3.8, 4) is 0 Å². The second-order valence-electron chi connectivity index (χ2n) is 6.68. The first-order valence-corrected chi connectivity index (χ1v) is 7.81. The quantitative estimate of drug-likeness (QED) is 0.797. The van der Waals surface area contributed by atoms with E-state index in [0.717, 1.165) is 18.8 Å². The number of carbonyl (C=O) groups excluding carboxylic acids is 1. The van der Waals surface area contributed by atoms with Crippen LogP contribution in [-0.4, -0.2) is 37.4 Å². The first-order valence-electron chi connectivity index (χ1n) is 7.81. The average Bonchev–Trinajstić information content (AvgIpc) is 3.02. The van der Waals surface area contributed by atoms with Crippen molar-refractivity contribution in [2.75, 3.05) is 31.6 Å². The number of fused-ring (bicyclic) bond motifs is 1. The van der Waals surface area contributed by atoms with Crippen LogP contribution in [0.25, 0.3) is 0 Å². The molecule has 3 rings (SSSR count). The van der Waals surface area contributed by atoms with E-state index in [9.17, 15) is 4.79 Å². The Labute approximate surface area is 127 Å². The van der Waals surface area contributed by atoms with Gasteiger partial charge in [0, 0.05) is 29.9 Å². The zero-order valence-electron chi connectivity index (χ0n) is 13.2. The lowest BCUT2D eigenvalue weighted by molar-refractivity contribution is -0.115. The van der Waals surface area contributed by atoms with Gasteiger partial charge >= 0.3 is 0 Å². The largest absolute Gasteiger partial charge is 0.347 e. The maximum absolute atomic E-state index is 12.4. The lowest BCUT2D eigenvalue weighted by atomic mass is 9.83. The summed E-state index contributed by atoms with van der Waals surface area (Å²) in [6.45, 7) is 7.08. The summed E-state index contributed by atoms with van der Waals surface area (Å²) in [5.41, 5.74) is 3.51. The third kappa shape index (κ3) is 2.51. The summed E-state index contributed by atoms with van der Waals surface area (Å²) < 4.78 is 0. The number of benzene rings is 1. The van der Waals surface area contributed by atoms with E-state index in [0.29, 0.717) is 6.54 Å². The number of carbonyl (C=O) groups is 1. The van der Waals surface area contributed by atoms with Gasteiger partial charge in [0.1, 0.15) is 0 Å². The van der Waals surface area contributed by atoms with Gasteiger partial charge in [-0.15, -0.1) is 0 Å². The molecule has 0 unspecified atom stereocenters. The van der Waals surface area contributed by atoms with Gasteiger partial charge in [-0.05, 0) is 37.6 Å². The van der Waals surface area contributed by atoms with E-state index in [2.05, 4.69) is 55.0 Å². The molecule has 2 aliphatic heterocycles. The highest BCUT2D eigenvalue weighted by atomic mass is 16.1. The van der Waals surface area contributed by atoms with Crippen molar-refractivity contribution in [3.63, 3.8) is 0 Å². The molecule has 2 aliphatic rings. The summed E-state index contributed by atoms with van der Waals surface area (Å²) in [5, 5.41) is 0. The van der Waals surface area contributed by atoms with Gasteiger partial charge in [-0.3, -0.25) is 9.69 Å². The molecule has 3 heteroatoms. The van der Waals surface area contributed by atoms with Gasteiger partial charge in [0.2, 0.25) is 0 Å². The highest BCUT2D eigenvalue weighted by Gasteiger charge is 2.38. The van der Waals surface area contributed by atoms with Crippen molar-refractivity contribution in [2.45, 2.75) is 32.1 Å². The average molecular weight is 284 g/mol. The molecule has 21 heavy (non-hydrogen) atoms. The van der Waals surface area contributed by atoms with Crippen molar-refractivity contribution >= 4 is 11.5 Å². The third-order valence-corrected chi connectivity index (χ3v) is 4.82. The molecule has 0 saturated carbocycles. The summed E-state index contributed by atoms with van der Waals surface area (Å²) >= 11 is 0. The summed E-state index contributed by atoms with van der Waals surface area (Å²) in [4.78, 5) is 16.8. The van der Waals surface area contributed by atoms with Crippen LogP contribution in [0.3, 0.4) is 0 Å². The molecular formula is C18H24N2O. The number of anilines is 1. The van der Waals surface area contributed by atoms with Crippen molar-refractivity contribution in [3.05, 3.63) is 41.6 Å². The Morgan fingerprint density at radius 2 is 1.90 bits per heavy atom. The fourth-order valence-corrected chi connectivity index (χ4v) is 3.62. The van der Waals surface area contributed by atoms with E-state index >= 15 is 0 Å². The van der Waals surface area contributed by atoms with Crippen LogP contribution in [0, 0.1) is 0 Å². The number of hydrogen-bond donors (Lipinski definition) is 0. The van der Waals surface area contributed by atoms with Gasteiger partial charge in [-0.1, -0.05) is 32.0 Å². The van der Waals surface area contributed by atoms with Crippen molar-refractivity contribution in [1.29, 1.82) is 0 Å². The molecule has 0 aliphatic carbocycles. The van der Waals surface area contributed by atoms with E-state index in [-0.39, 0.29) is 11.2 Å². The Balaban J connectivity index is 1.85. The SMILES string of the molecule is CN1/C(=C\C(=O)CN2CCCC2)C(C)(C)c2ccccc21. The second kappa shape index (κ2) is 5.30. The van der Waals surface area contributed by atoms with E-state index < -0.39 is 0 Å². The minimum Gasteiger partial charge on any atom is -0.347 e. The predicted molar refractivity (Wildman–Crippen MR) is 86.6 cm³/mol. The fourth-order valence-electron chi connectivity index (χ4n) is 3.62. The van der Waals surface area contributed by atoms with Gasteiger partial charge < -0.3 is 4.90 Å². The molecule has 3 nitrogen and oxygen atoms in total. The molecule has 0 aromatic heterocycles. The minimum atomic E-state index is -0.105. The molecule has 0 spiro atoms. The maximum atomic E-state index is 12.4. The summed E-state index contributed by atoms with van der Waals surface area (Å²) in [7, 11) is 2.06. The summed E-state index contributed by atoms with van der Waals surface area (Å²) in [5.74, 6) is 0.222. The lowest BCUT2D eigenvalue weighted by Gasteiger charge is -2.24. The molecular weight excluding hydrogens is 260 g/mol. The molecule has 0 atom stereocenters. The van der Waals surface area contributed by atoms with Crippen LogP contribution < -0.4 is 4.90 Å². The number of likely N-dealkylation sites (tertiary alicyclic amines) is 1. The van der Waals surface area contributed by atoms with Crippen LogP contribution in [0.5, 0.6) is 0 Å². The Hall–Kier alpha value is -1.61. The number of allylic oxidation sites excluding steroid dienone is 1. The van der Waals surface area contributed by atoms with Gasteiger partial charge in [0.25, 0.3) is 0 Å². The first-order chi connectivity index (χ1) is 10.00. The first kappa shape index (κ1) is 14.3. The predicted octanol–water partition coefficient (Wildman–Crippen LogP) is 2.96. The minimum absolute atomic E-state index is 0.105. The third-order valence-electron chi connectivity index (χ3n) is 4.82. The Morgan fingerprint density at radius 1 is 1.24 bits per heavy atom. The summed E-state index contributed by atoms with van der Waals surface area (Å²) in [6, 6.07) is 8.42. The van der Waals surface area contributed by atoms with E-state index in [4.69, 9.17) is 0 Å². The Morgan fingerprint density at radius 3 is 2.57 bits per heavy atom. The molecule has 0 radical (unpaired) electrons. The topological polar surface area (TPSA) is 23.6 Å². The molecule has 1 aromatic rings. The zero-order chi connectivity index (χ0) is 15.0. The number of hydrogen-bond acceptors (Lipinski definition) is 3. The van der Waals surface area contributed by atoms with Crippen LogP contribution >= 0.6 is 0 Å². The van der Waals surface area contributed by atoms with Crippen molar-refractivity contribution in [2.24, 2.45) is 0 Å². The molecule has 112 valence electrons. The van der Waals surface area contributed by atoms with Gasteiger partial charge in [0.05, 0.1) is 6.54 Å². The summed E-state index contributed by atoms with van der Waals surface area (Å²) in [6.07, 6.45) is 4.31. The maximum Gasteiger partial charge on any atom is 0.171 e. The number of ketones is 1. The molecule has 1 saturated heterocycles. The van der Waals surface area contributed by atoms with Crippen molar-refractivity contribution < 1.29 is 4.79 Å². The Bertz CT molecular complexity index is 583. The molecule has 0 bridgehead atoms. The molecule has 0 N–H and O–H groups in total. The van der Waals surface area contributed by atoms with E-state index in [1.165, 1.54) is 24.1 Å². The van der Waals surface area contributed by atoms with Crippen LogP contribution in [0.15, 0.2) is 36.0 Å². The lowest BCUT2D eigenvalue weighted by Crippen LogP contribution is -2.29. The van der Waals surface area contributed by atoms with E-state index in [1.54, 1.807) is 0 Å². The smallest absolute Gasteiger partial charge is 0.171 e. The Kier molecular flexibility index (Phi) is 3.62. The monoisotopic (exact) mass is 284 g/mol. The highest BCUT2D eigenvalue weighted by Crippen LogP contribution is 2.46. The zero-order valence-corrected chi connectivity index (χ0v) is 13.2. The number of likely N-dealkylation sites (N-methyl/N-ethyl adjacent to an activating group) is 1. The van der Waals surface area contributed by atoms with Crippen LogP contribution in [-0.2, 0) is 10.2 Å².